The van der Waals surface area contributed by atoms with Crippen LogP contribution in [0.4, 0.5) is 28.4 Å². The van der Waals surface area contributed by atoms with E-state index in [1.54, 1.807) is 17.5 Å². The van der Waals surface area contributed by atoms with Crippen LogP contribution in [-0.4, -0.2) is 17.6 Å². The highest BCUT2D eigenvalue weighted by molar-refractivity contribution is 7.14. The number of aromatic nitrogens is 1. The first-order valence-electron chi connectivity index (χ1n) is 11.1. The third-order valence-electron chi connectivity index (χ3n) is 5.17. The maximum Gasteiger partial charge on any atom is 0.417 e. The average molecular weight is 495 g/mol. The van der Waals surface area contributed by atoms with E-state index in [4.69, 9.17) is 4.74 Å². The smallest absolute Gasteiger partial charge is 0.417 e. The van der Waals surface area contributed by atoms with E-state index in [1.807, 2.05) is 0 Å². The molecule has 0 unspecified atom stereocenters. The van der Waals surface area contributed by atoms with E-state index in [0.29, 0.717) is 22.8 Å². The first kappa shape index (κ1) is 25.7. The summed E-state index contributed by atoms with van der Waals surface area (Å²) in [6, 6.07) is 9.13. The van der Waals surface area contributed by atoms with E-state index in [9.17, 15) is 22.4 Å². The highest BCUT2D eigenvalue weighted by Gasteiger charge is 2.36. The van der Waals surface area contributed by atoms with Crippen molar-refractivity contribution in [3.05, 3.63) is 64.8 Å². The number of unbranched alkanes of at least 4 members (excludes halogenated alkanes) is 5. The molecule has 0 amide bonds. The molecule has 0 aliphatic carbocycles. The first-order chi connectivity index (χ1) is 16.3. The molecule has 9 heteroatoms. The predicted molar refractivity (Wildman–Crippen MR) is 126 cm³/mol. The molecule has 0 saturated heterocycles. The van der Waals surface area contributed by atoms with Crippen molar-refractivity contribution >= 4 is 28.1 Å². The Morgan fingerprint density at radius 2 is 1.74 bits per heavy atom. The Balaban J connectivity index is 1.66. The zero-order valence-corrected chi connectivity index (χ0v) is 19.6. The molecular formula is C25H26F4N2O2S. The molecular weight excluding hydrogens is 468 g/mol. The summed E-state index contributed by atoms with van der Waals surface area (Å²) in [5, 5.41) is 4.92. The van der Waals surface area contributed by atoms with Gasteiger partial charge in [-0.2, -0.15) is 13.2 Å². The Bertz CT molecular complexity index is 1080. The van der Waals surface area contributed by atoms with Crippen LogP contribution in [0.1, 0.15) is 61.4 Å². The molecule has 0 saturated carbocycles. The van der Waals surface area contributed by atoms with Crippen molar-refractivity contribution in [2.75, 3.05) is 11.9 Å². The molecule has 34 heavy (non-hydrogen) atoms. The van der Waals surface area contributed by atoms with Crippen molar-refractivity contribution in [2.24, 2.45) is 0 Å². The molecule has 0 aliphatic rings. The number of ether oxygens (including phenoxy) is 1. The van der Waals surface area contributed by atoms with Crippen LogP contribution in [0.25, 0.3) is 11.3 Å². The summed E-state index contributed by atoms with van der Waals surface area (Å²) < 4.78 is 59.2. The lowest BCUT2D eigenvalue weighted by atomic mass is 10.1. The van der Waals surface area contributed by atoms with Gasteiger partial charge in [0.25, 0.3) is 0 Å². The van der Waals surface area contributed by atoms with E-state index in [1.165, 1.54) is 29.5 Å². The van der Waals surface area contributed by atoms with Crippen molar-refractivity contribution in [1.29, 1.82) is 0 Å². The number of alkyl halides is 3. The molecule has 0 radical (unpaired) electrons. The highest BCUT2D eigenvalue weighted by atomic mass is 32.1. The number of anilines is 2. The maximum absolute atomic E-state index is 13.7. The Kier molecular flexibility index (Phi) is 9.04. The topological polar surface area (TPSA) is 51.2 Å². The van der Waals surface area contributed by atoms with Gasteiger partial charge in [-0.05, 0) is 48.9 Å². The van der Waals surface area contributed by atoms with Gasteiger partial charge in [0.05, 0.1) is 23.4 Å². The lowest BCUT2D eigenvalue weighted by Gasteiger charge is -2.14. The van der Waals surface area contributed by atoms with Crippen LogP contribution in [0.5, 0.6) is 0 Å². The van der Waals surface area contributed by atoms with Crippen molar-refractivity contribution in [2.45, 2.75) is 51.6 Å². The molecule has 3 aromatic rings. The van der Waals surface area contributed by atoms with E-state index in [-0.39, 0.29) is 18.1 Å². The fourth-order valence-corrected chi connectivity index (χ4v) is 4.11. The van der Waals surface area contributed by atoms with Gasteiger partial charge < -0.3 is 10.1 Å². The molecule has 0 atom stereocenters. The van der Waals surface area contributed by atoms with Gasteiger partial charge in [0.15, 0.2) is 5.13 Å². The summed E-state index contributed by atoms with van der Waals surface area (Å²) >= 11 is 1.20. The zero-order valence-electron chi connectivity index (χ0n) is 18.8. The van der Waals surface area contributed by atoms with Crippen LogP contribution in [-0.2, 0) is 10.9 Å². The molecule has 3 rings (SSSR count). The van der Waals surface area contributed by atoms with Gasteiger partial charge >= 0.3 is 12.1 Å². The van der Waals surface area contributed by atoms with E-state index in [0.717, 1.165) is 44.2 Å². The number of carbonyl (C=O) groups excluding carboxylic acids is 1. The fraction of sp³-hybridized carbons (Fsp3) is 0.360. The van der Waals surface area contributed by atoms with Gasteiger partial charge in [-0.3, -0.25) is 0 Å². The maximum atomic E-state index is 13.7. The minimum absolute atomic E-state index is 0.0908. The minimum atomic E-state index is -4.73. The quantitative estimate of drug-likeness (QED) is 0.166. The number of esters is 1. The highest BCUT2D eigenvalue weighted by Crippen LogP contribution is 2.35. The Hall–Kier alpha value is -2.94. The van der Waals surface area contributed by atoms with Crippen LogP contribution in [0, 0.1) is 5.82 Å². The van der Waals surface area contributed by atoms with Crippen LogP contribution in [0.3, 0.4) is 0 Å². The molecule has 0 spiro atoms. The number of nitrogens with one attached hydrogen (secondary N) is 1. The number of hydrogen-bond donors (Lipinski definition) is 1. The summed E-state index contributed by atoms with van der Waals surface area (Å²) in [4.78, 5) is 16.7. The van der Waals surface area contributed by atoms with Gasteiger partial charge in [-0.25, -0.2) is 14.2 Å². The summed E-state index contributed by atoms with van der Waals surface area (Å²) in [7, 11) is 0. The van der Waals surface area contributed by atoms with Gasteiger partial charge in [-0.1, -0.05) is 39.0 Å². The third kappa shape index (κ3) is 7.28. The second kappa shape index (κ2) is 12.0. The number of halogens is 4. The van der Waals surface area contributed by atoms with E-state index in [2.05, 4.69) is 17.2 Å². The number of hydrogen-bond acceptors (Lipinski definition) is 5. The zero-order chi connectivity index (χ0) is 24.6. The van der Waals surface area contributed by atoms with Crippen molar-refractivity contribution in [3.8, 4) is 11.3 Å². The van der Waals surface area contributed by atoms with Crippen LogP contribution in [0.2, 0.25) is 0 Å². The molecule has 0 bridgehead atoms. The molecule has 1 aromatic heterocycles. The van der Waals surface area contributed by atoms with Gasteiger partial charge in [0, 0.05) is 16.6 Å². The minimum Gasteiger partial charge on any atom is -0.462 e. The largest absolute Gasteiger partial charge is 0.462 e. The molecule has 2 aromatic carbocycles. The fourth-order valence-electron chi connectivity index (χ4n) is 3.37. The van der Waals surface area contributed by atoms with Gasteiger partial charge in [0.1, 0.15) is 5.82 Å². The predicted octanol–water partition coefficient (Wildman–Crippen LogP) is 8.23. The van der Waals surface area contributed by atoms with Crippen LogP contribution in [0.15, 0.2) is 47.8 Å². The second-order valence-corrected chi connectivity index (χ2v) is 8.69. The van der Waals surface area contributed by atoms with Crippen LogP contribution >= 0.6 is 11.3 Å². The van der Waals surface area contributed by atoms with Crippen molar-refractivity contribution in [3.63, 3.8) is 0 Å². The van der Waals surface area contributed by atoms with Crippen molar-refractivity contribution < 1.29 is 27.1 Å². The third-order valence-corrected chi connectivity index (χ3v) is 5.93. The van der Waals surface area contributed by atoms with Crippen molar-refractivity contribution in [1.82, 2.24) is 4.98 Å². The second-order valence-electron chi connectivity index (χ2n) is 7.83. The standard InChI is InChI=1S/C25H26F4N2O2S/c1-2-3-4-5-6-7-14-33-23(32)20-13-12-19(15-21(20)25(27,28)29)30-24-31-22(16-34-24)17-8-10-18(26)11-9-17/h8-13,15-16H,2-7,14H2,1H3,(H,30,31). The summed E-state index contributed by atoms with van der Waals surface area (Å²) in [6.45, 7) is 2.20. The molecule has 1 heterocycles. The summed E-state index contributed by atoms with van der Waals surface area (Å²) in [5.74, 6) is -1.36. The molecule has 0 aliphatic heterocycles. The number of carbonyl (C=O) groups is 1. The Labute approximate surface area is 200 Å². The number of benzene rings is 2. The monoisotopic (exact) mass is 494 g/mol. The number of thiazole rings is 1. The number of rotatable bonds is 11. The summed E-state index contributed by atoms with van der Waals surface area (Å²) in [6.07, 6.45) is 1.14. The van der Waals surface area contributed by atoms with Gasteiger partial charge in [0.2, 0.25) is 0 Å². The average Bonchev–Trinajstić information content (AvgIpc) is 3.26. The normalized spacial score (nSPS) is 11.4. The number of nitrogens with zero attached hydrogens (tertiary/aromatic N) is 1. The Morgan fingerprint density at radius 1 is 1.03 bits per heavy atom. The van der Waals surface area contributed by atoms with E-state index < -0.39 is 23.3 Å². The molecule has 0 fully saturated rings. The van der Waals surface area contributed by atoms with E-state index >= 15 is 0 Å². The van der Waals surface area contributed by atoms with Crippen LogP contribution < -0.4 is 5.32 Å². The SMILES string of the molecule is CCCCCCCCOC(=O)c1ccc(Nc2nc(-c3ccc(F)cc3)cs2)cc1C(F)(F)F. The summed E-state index contributed by atoms with van der Waals surface area (Å²) in [5.41, 5.74) is -0.195. The lowest BCUT2D eigenvalue weighted by molar-refractivity contribution is -0.138. The molecule has 182 valence electrons. The molecule has 4 nitrogen and oxygen atoms in total. The molecule has 1 N–H and O–H groups in total. The first-order valence-corrected chi connectivity index (χ1v) is 12.0. The van der Waals surface area contributed by atoms with Gasteiger partial charge in [-0.15, -0.1) is 11.3 Å². The lowest BCUT2D eigenvalue weighted by Crippen LogP contribution is -2.16. The Morgan fingerprint density at radius 3 is 2.44 bits per heavy atom.